The summed E-state index contributed by atoms with van der Waals surface area (Å²) in [6.07, 6.45) is 1.49. The molecule has 7 nitrogen and oxygen atoms in total. The lowest BCUT2D eigenvalue weighted by atomic mass is 9.71. The lowest BCUT2D eigenvalue weighted by Crippen LogP contribution is -2.57. The van der Waals surface area contributed by atoms with Gasteiger partial charge in [0.05, 0.1) is 5.92 Å². The molecular weight excluding hydrogens is 444 g/mol. The Morgan fingerprint density at radius 2 is 1.60 bits per heavy atom. The Kier molecular flexibility index (Phi) is 6.26. The maximum absolute atomic E-state index is 13.0. The van der Waals surface area contributed by atoms with Gasteiger partial charge in [-0.25, -0.2) is 4.79 Å². The van der Waals surface area contributed by atoms with Crippen molar-refractivity contribution in [2.75, 3.05) is 6.61 Å². The summed E-state index contributed by atoms with van der Waals surface area (Å²) >= 11 is 0. The van der Waals surface area contributed by atoms with Crippen molar-refractivity contribution < 1.29 is 24.2 Å². The summed E-state index contributed by atoms with van der Waals surface area (Å²) in [5.41, 5.74) is 4.59. The molecule has 0 aromatic heterocycles. The van der Waals surface area contributed by atoms with Gasteiger partial charge in [0, 0.05) is 12.0 Å². The number of ether oxygens (including phenoxy) is 1. The quantitative estimate of drug-likeness (QED) is 0.557. The van der Waals surface area contributed by atoms with Gasteiger partial charge in [0.2, 0.25) is 5.91 Å². The third kappa shape index (κ3) is 4.40. The van der Waals surface area contributed by atoms with Gasteiger partial charge >= 0.3 is 12.1 Å². The molecular formula is C28H32N2O5. The van der Waals surface area contributed by atoms with Crippen LogP contribution < -0.4 is 10.6 Å². The van der Waals surface area contributed by atoms with E-state index >= 15 is 0 Å². The molecule has 3 aliphatic rings. The molecule has 3 aliphatic carbocycles. The van der Waals surface area contributed by atoms with Gasteiger partial charge < -0.3 is 20.5 Å². The Bertz CT molecular complexity index is 1100. The molecule has 0 bridgehead atoms. The Hall–Kier alpha value is -3.35. The fourth-order valence-corrected chi connectivity index (χ4v) is 6.17. The number of rotatable bonds is 7. The average molecular weight is 477 g/mol. The second-order valence-corrected chi connectivity index (χ2v) is 10.5. The summed E-state index contributed by atoms with van der Waals surface area (Å²) < 4.78 is 5.63. The Labute approximate surface area is 205 Å². The number of amides is 2. The minimum atomic E-state index is -0.749. The minimum Gasteiger partial charge on any atom is -0.481 e. The van der Waals surface area contributed by atoms with Crippen molar-refractivity contribution in [2.24, 2.45) is 23.7 Å². The van der Waals surface area contributed by atoms with Gasteiger partial charge in [0.25, 0.3) is 0 Å². The molecule has 35 heavy (non-hydrogen) atoms. The van der Waals surface area contributed by atoms with Crippen molar-refractivity contribution in [3.05, 3.63) is 59.7 Å². The molecule has 7 heteroatoms. The lowest BCUT2D eigenvalue weighted by molar-refractivity contribution is -0.141. The summed E-state index contributed by atoms with van der Waals surface area (Å²) in [4.78, 5) is 37.1. The van der Waals surface area contributed by atoms with E-state index in [1.54, 1.807) is 0 Å². The van der Waals surface area contributed by atoms with Gasteiger partial charge in [-0.2, -0.15) is 0 Å². The van der Waals surface area contributed by atoms with Crippen molar-refractivity contribution in [3.8, 4) is 11.1 Å². The SMILES string of the molecule is CC(C)C(NC(=O)OCC1c2ccccc2-c2ccccc21)C(=O)NC1CC2CC(C(=O)O)CC21. The summed E-state index contributed by atoms with van der Waals surface area (Å²) in [6.45, 7) is 3.95. The van der Waals surface area contributed by atoms with Crippen molar-refractivity contribution in [1.82, 2.24) is 10.6 Å². The monoisotopic (exact) mass is 476 g/mol. The number of fused-ring (bicyclic) bond motifs is 4. The van der Waals surface area contributed by atoms with Gasteiger partial charge in [0.15, 0.2) is 0 Å². The standard InChI is InChI=1S/C28H32N2O5/c1-15(2)25(26(31)29-24-13-16-11-17(27(32)33)12-22(16)24)30-28(34)35-14-23-20-9-5-3-7-18(20)19-8-4-6-10-21(19)23/h3-10,15-17,22-25H,11-14H2,1-2H3,(H,29,31)(H,30,34)(H,32,33). The van der Waals surface area contributed by atoms with Crippen LogP contribution in [0.4, 0.5) is 4.79 Å². The minimum absolute atomic E-state index is 0.0255. The predicted octanol–water partition coefficient (Wildman–Crippen LogP) is 4.17. The summed E-state index contributed by atoms with van der Waals surface area (Å²) in [7, 11) is 0. The van der Waals surface area contributed by atoms with Crippen molar-refractivity contribution >= 4 is 18.0 Å². The van der Waals surface area contributed by atoms with Crippen LogP contribution in [0.1, 0.15) is 50.2 Å². The molecule has 184 valence electrons. The molecule has 5 atom stereocenters. The molecule has 5 rings (SSSR count). The first-order chi connectivity index (χ1) is 16.8. The number of carbonyl (C=O) groups is 3. The van der Waals surface area contributed by atoms with E-state index in [-0.39, 0.29) is 42.2 Å². The fourth-order valence-electron chi connectivity index (χ4n) is 6.17. The lowest BCUT2D eigenvalue weighted by Gasteiger charge is -2.41. The van der Waals surface area contributed by atoms with Crippen molar-refractivity contribution in [3.63, 3.8) is 0 Å². The predicted molar refractivity (Wildman–Crippen MR) is 131 cm³/mol. The van der Waals surface area contributed by atoms with Crippen molar-refractivity contribution in [1.29, 1.82) is 0 Å². The molecule has 0 heterocycles. The van der Waals surface area contributed by atoms with E-state index in [9.17, 15) is 19.5 Å². The first-order valence-electron chi connectivity index (χ1n) is 12.5. The molecule has 2 fully saturated rings. The van der Waals surface area contributed by atoms with E-state index < -0.39 is 18.1 Å². The van der Waals surface area contributed by atoms with Crippen LogP contribution in [0.5, 0.6) is 0 Å². The van der Waals surface area contributed by atoms with Crippen LogP contribution in [0.3, 0.4) is 0 Å². The Balaban J connectivity index is 1.18. The average Bonchev–Trinajstić information content (AvgIpc) is 3.34. The third-order valence-electron chi connectivity index (χ3n) is 8.07. The number of alkyl carbamates (subject to hydrolysis) is 1. The Morgan fingerprint density at radius 1 is 0.971 bits per heavy atom. The molecule has 2 aromatic carbocycles. The highest BCUT2D eigenvalue weighted by Crippen LogP contribution is 2.50. The van der Waals surface area contributed by atoms with Crippen LogP contribution in [0.2, 0.25) is 0 Å². The molecule has 0 spiro atoms. The first-order valence-corrected chi connectivity index (χ1v) is 12.5. The van der Waals surface area contributed by atoms with Crippen LogP contribution >= 0.6 is 0 Å². The van der Waals surface area contributed by atoms with Gasteiger partial charge in [-0.3, -0.25) is 9.59 Å². The molecule has 0 saturated heterocycles. The van der Waals surface area contributed by atoms with Gasteiger partial charge in [-0.1, -0.05) is 62.4 Å². The number of carboxylic acids is 1. The molecule has 2 amide bonds. The van der Waals surface area contributed by atoms with Crippen LogP contribution in [0.15, 0.2) is 48.5 Å². The van der Waals surface area contributed by atoms with Crippen LogP contribution in [-0.4, -0.2) is 41.8 Å². The topological polar surface area (TPSA) is 105 Å². The molecule has 5 unspecified atom stereocenters. The number of carboxylic acid groups (broad SMARTS) is 1. The number of hydrogen-bond acceptors (Lipinski definition) is 4. The number of carbonyl (C=O) groups excluding carboxylic acids is 2. The molecule has 2 aromatic rings. The zero-order valence-electron chi connectivity index (χ0n) is 20.1. The molecule has 3 N–H and O–H groups in total. The fraction of sp³-hybridized carbons (Fsp3) is 0.464. The first kappa shape index (κ1) is 23.4. The smallest absolute Gasteiger partial charge is 0.407 e. The maximum Gasteiger partial charge on any atom is 0.407 e. The highest BCUT2D eigenvalue weighted by atomic mass is 16.5. The van der Waals surface area contributed by atoms with E-state index in [0.717, 1.165) is 28.7 Å². The van der Waals surface area contributed by atoms with Gasteiger partial charge in [0.1, 0.15) is 12.6 Å². The largest absolute Gasteiger partial charge is 0.481 e. The van der Waals surface area contributed by atoms with Crippen LogP contribution in [-0.2, 0) is 14.3 Å². The second-order valence-electron chi connectivity index (χ2n) is 10.5. The van der Waals surface area contributed by atoms with E-state index in [4.69, 9.17) is 4.74 Å². The molecule has 0 aliphatic heterocycles. The zero-order chi connectivity index (χ0) is 24.7. The number of nitrogens with one attached hydrogen (secondary N) is 2. The normalized spacial score (nSPS) is 25.1. The maximum atomic E-state index is 13.0. The second kappa shape index (κ2) is 9.36. The number of hydrogen-bond donors (Lipinski definition) is 3. The molecule has 2 saturated carbocycles. The summed E-state index contributed by atoms with van der Waals surface area (Å²) in [6, 6.07) is 15.6. The van der Waals surface area contributed by atoms with E-state index in [0.29, 0.717) is 18.8 Å². The van der Waals surface area contributed by atoms with E-state index in [2.05, 4.69) is 34.9 Å². The van der Waals surface area contributed by atoms with Gasteiger partial charge in [-0.15, -0.1) is 0 Å². The number of aliphatic carboxylic acids is 1. The van der Waals surface area contributed by atoms with Crippen molar-refractivity contribution in [2.45, 2.75) is 51.1 Å². The summed E-state index contributed by atoms with van der Waals surface area (Å²) in [5.74, 6) is -0.891. The van der Waals surface area contributed by atoms with Crippen LogP contribution in [0, 0.1) is 23.7 Å². The third-order valence-corrected chi connectivity index (χ3v) is 8.07. The highest BCUT2D eigenvalue weighted by molar-refractivity contribution is 5.86. The van der Waals surface area contributed by atoms with Gasteiger partial charge in [-0.05, 0) is 59.3 Å². The number of benzene rings is 2. The molecule has 0 radical (unpaired) electrons. The van der Waals surface area contributed by atoms with E-state index in [1.165, 1.54) is 0 Å². The Morgan fingerprint density at radius 3 is 2.20 bits per heavy atom. The van der Waals surface area contributed by atoms with E-state index in [1.807, 2.05) is 38.1 Å². The van der Waals surface area contributed by atoms with Crippen LogP contribution in [0.25, 0.3) is 11.1 Å². The highest BCUT2D eigenvalue weighted by Gasteiger charge is 2.50. The summed E-state index contributed by atoms with van der Waals surface area (Å²) in [5, 5.41) is 15.1. The zero-order valence-corrected chi connectivity index (χ0v) is 20.1.